The van der Waals surface area contributed by atoms with Gasteiger partial charge in [0.1, 0.15) is 5.00 Å². The fourth-order valence-corrected chi connectivity index (χ4v) is 5.97. The summed E-state index contributed by atoms with van der Waals surface area (Å²) in [6, 6.07) is 6.47. The summed E-state index contributed by atoms with van der Waals surface area (Å²) in [5, 5.41) is 6.96. The van der Waals surface area contributed by atoms with E-state index in [0.29, 0.717) is 34.5 Å². The zero-order chi connectivity index (χ0) is 21.2. The second-order valence-corrected chi connectivity index (χ2v) is 10.3. The van der Waals surface area contributed by atoms with Crippen LogP contribution in [0.3, 0.4) is 0 Å². The first-order valence-corrected chi connectivity index (χ1v) is 11.8. The molecule has 3 rings (SSSR count). The van der Waals surface area contributed by atoms with E-state index in [4.69, 9.17) is 17.0 Å². The first-order chi connectivity index (χ1) is 13.7. The monoisotopic (exact) mass is 453 g/mol. The molecule has 1 aliphatic rings. The van der Waals surface area contributed by atoms with Crippen molar-refractivity contribution in [3.05, 3.63) is 40.3 Å². The van der Waals surface area contributed by atoms with Crippen LogP contribution < -0.4 is 10.6 Å². The van der Waals surface area contributed by atoms with Gasteiger partial charge in [-0.3, -0.25) is 0 Å². The molecule has 2 aromatic rings. The van der Waals surface area contributed by atoms with Gasteiger partial charge in [0.15, 0.2) is 5.11 Å². The van der Waals surface area contributed by atoms with Gasteiger partial charge in [0, 0.05) is 23.7 Å². The lowest BCUT2D eigenvalue weighted by atomic mass is 10.1. The Morgan fingerprint density at radius 1 is 1.14 bits per heavy atom. The number of hydrogen-bond donors (Lipinski definition) is 2. The first-order valence-electron chi connectivity index (χ1n) is 9.10. The van der Waals surface area contributed by atoms with Gasteiger partial charge in [-0.1, -0.05) is 0 Å². The largest absolute Gasteiger partial charge is 0.465 e. The van der Waals surface area contributed by atoms with Crippen molar-refractivity contribution in [2.24, 2.45) is 0 Å². The lowest BCUT2D eigenvalue weighted by molar-refractivity contribution is 0.0601. The van der Waals surface area contributed by atoms with Gasteiger partial charge < -0.3 is 15.4 Å². The number of ether oxygens (including phenoxy) is 1. The lowest BCUT2D eigenvalue weighted by Gasteiger charge is -2.16. The van der Waals surface area contributed by atoms with E-state index in [-0.39, 0.29) is 4.90 Å². The molecule has 29 heavy (non-hydrogen) atoms. The molecule has 7 nitrogen and oxygen atoms in total. The van der Waals surface area contributed by atoms with Crippen molar-refractivity contribution in [3.63, 3.8) is 0 Å². The average Bonchev–Trinajstić information content (AvgIpc) is 3.31. The third kappa shape index (κ3) is 4.61. The molecule has 1 aromatic heterocycles. The Labute approximate surface area is 180 Å². The van der Waals surface area contributed by atoms with Crippen LogP contribution in [0, 0.1) is 13.8 Å². The minimum atomic E-state index is -3.45. The Kier molecular flexibility index (Phi) is 6.57. The number of thiocarbonyl (C=S) groups is 1. The molecule has 1 aromatic carbocycles. The average molecular weight is 454 g/mol. The third-order valence-electron chi connectivity index (χ3n) is 4.82. The maximum absolute atomic E-state index is 12.6. The van der Waals surface area contributed by atoms with E-state index in [1.807, 2.05) is 13.8 Å². The molecular formula is C19H23N3O4S3. The molecule has 1 saturated heterocycles. The Hall–Kier alpha value is -2.01. The van der Waals surface area contributed by atoms with Crippen LogP contribution in [0.25, 0.3) is 0 Å². The van der Waals surface area contributed by atoms with Gasteiger partial charge in [-0.25, -0.2) is 13.2 Å². The number of benzene rings is 1. The highest BCUT2D eigenvalue weighted by molar-refractivity contribution is 7.89. The van der Waals surface area contributed by atoms with Gasteiger partial charge >= 0.3 is 5.97 Å². The second kappa shape index (κ2) is 8.78. The number of carbonyl (C=O) groups is 1. The van der Waals surface area contributed by atoms with Crippen molar-refractivity contribution >= 4 is 55.3 Å². The van der Waals surface area contributed by atoms with Crippen molar-refractivity contribution in [3.8, 4) is 0 Å². The lowest BCUT2D eigenvalue weighted by Crippen LogP contribution is -2.27. The summed E-state index contributed by atoms with van der Waals surface area (Å²) in [5.74, 6) is -0.423. The van der Waals surface area contributed by atoms with E-state index in [2.05, 4.69) is 10.6 Å². The van der Waals surface area contributed by atoms with Crippen LogP contribution in [0.4, 0.5) is 10.7 Å². The van der Waals surface area contributed by atoms with Gasteiger partial charge in [-0.05, 0) is 68.7 Å². The van der Waals surface area contributed by atoms with Crippen LogP contribution >= 0.6 is 23.6 Å². The summed E-state index contributed by atoms with van der Waals surface area (Å²) in [5.41, 5.74) is 1.96. The predicted octanol–water partition coefficient (Wildman–Crippen LogP) is 3.74. The van der Waals surface area contributed by atoms with Crippen molar-refractivity contribution < 1.29 is 17.9 Å². The summed E-state index contributed by atoms with van der Waals surface area (Å²) in [6.07, 6.45) is 1.79. The fraction of sp³-hybridized carbons (Fsp3) is 0.368. The van der Waals surface area contributed by atoms with Gasteiger partial charge in [-0.2, -0.15) is 4.31 Å². The first kappa shape index (κ1) is 21.7. The summed E-state index contributed by atoms with van der Waals surface area (Å²) in [4.78, 5) is 13.3. The number of nitrogens with zero attached hydrogens (tertiary/aromatic N) is 1. The van der Waals surface area contributed by atoms with Crippen molar-refractivity contribution in [2.45, 2.75) is 31.6 Å². The van der Waals surface area contributed by atoms with Gasteiger partial charge in [-0.15, -0.1) is 11.3 Å². The van der Waals surface area contributed by atoms with Crippen LogP contribution in [0.15, 0.2) is 29.2 Å². The highest BCUT2D eigenvalue weighted by atomic mass is 32.2. The molecule has 10 heteroatoms. The molecule has 2 heterocycles. The highest BCUT2D eigenvalue weighted by Gasteiger charge is 2.27. The Morgan fingerprint density at radius 3 is 2.34 bits per heavy atom. The minimum absolute atomic E-state index is 0.265. The number of hydrogen-bond acceptors (Lipinski definition) is 6. The van der Waals surface area contributed by atoms with Crippen molar-refractivity contribution in [1.29, 1.82) is 0 Å². The molecule has 0 aliphatic carbocycles. The van der Waals surface area contributed by atoms with E-state index in [1.165, 1.54) is 22.8 Å². The Morgan fingerprint density at radius 2 is 1.76 bits per heavy atom. The van der Waals surface area contributed by atoms with Gasteiger partial charge in [0.05, 0.1) is 17.6 Å². The maximum Gasteiger partial charge on any atom is 0.341 e. The fourth-order valence-electron chi connectivity index (χ4n) is 3.12. The summed E-state index contributed by atoms with van der Waals surface area (Å²) in [7, 11) is -2.11. The number of sulfonamides is 1. The smallest absolute Gasteiger partial charge is 0.341 e. The zero-order valence-corrected chi connectivity index (χ0v) is 18.9. The minimum Gasteiger partial charge on any atom is -0.465 e. The number of methoxy groups -OCH3 is 1. The molecule has 0 saturated carbocycles. The SMILES string of the molecule is COC(=O)c1c(NC(=S)Nc2ccc(S(=O)(=O)N3CCCC3)cc2)sc(C)c1C. The molecule has 0 unspecified atom stereocenters. The molecule has 0 amide bonds. The zero-order valence-electron chi connectivity index (χ0n) is 16.4. The maximum atomic E-state index is 12.6. The van der Waals surface area contributed by atoms with E-state index >= 15 is 0 Å². The van der Waals surface area contributed by atoms with Crippen LogP contribution in [-0.4, -0.2) is 44.0 Å². The number of nitrogens with one attached hydrogen (secondary N) is 2. The second-order valence-electron chi connectivity index (χ2n) is 6.69. The van der Waals surface area contributed by atoms with E-state index in [1.54, 1.807) is 24.3 Å². The number of carbonyl (C=O) groups excluding carboxylic acids is 1. The quantitative estimate of drug-likeness (QED) is 0.527. The normalized spacial score (nSPS) is 14.6. The Balaban J connectivity index is 1.71. The highest BCUT2D eigenvalue weighted by Crippen LogP contribution is 2.33. The van der Waals surface area contributed by atoms with Crippen LogP contribution in [-0.2, 0) is 14.8 Å². The summed E-state index contributed by atoms with van der Waals surface area (Å²) in [6.45, 7) is 4.92. The standard InChI is InChI=1S/C19H23N3O4S3/c1-12-13(2)28-17(16(12)18(23)26-3)21-19(27)20-14-6-8-15(9-7-14)29(24,25)22-10-4-5-11-22/h6-9H,4-5,10-11H2,1-3H3,(H2,20,21,27). The Bertz CT molecular complexity index is 1020. The number of anilines is 2. The van der Waals surface area contributed by atoms with Gasteiger partial charge in [0.2, 0.25) is 10.0 Å². The van der Waals surface area contributed by atoms with Gasteiger partial charge in [0.25, 0.3) is 0 Å². The predicted molar refractivity (Wildman–Crippen MR) is 119 cm³/mol. The molecule has 0 bridgehead atoms. The number of thiophene rings is 1. The number of aryl methyl sites for hydroxylation is 1. The molecule has 156 valence electrons. The van der Waals surface area contributed by atoms with E-state index < -0.39 is 16.0 Å². The molecule has 1 fully saturated rings. The summed E-state index contributed by atoms with van der Waals surface area (Å²) < 4.78 is 31.6. The molecule has 0 spiro atoms. The van der Waals surface area contributed by atoms with Crippen LogP contribution in [0.5, 0.6) is 0 Å². The number of esters is 1. The van der Waals surface area contributed by atoms with Crippen molar-refractivity contribution in [2.75, 3.05) is 30.8 Å². The molecule has 0 radical (unpaired) electrons. The van der Waals surface area contributed by atoms with Crippen LogP contribution in [0.2, 0.25) is 0 Å². The van der Waals surface area contributed by atoms with Crippen molar-refractivity contribution in [1.82, 2.24) is 4.31 Å². The van der Waals surface area contributed by atoms with E-state index in [9.17, 15) is 13.2 Å². The molecule has 2 N–H and O–H groups in total. The van der Waals surface area contributed by atoms with Crippen LogP contribution in [0.1, 0.15) is 33.6 Å². The van der Waals surface area contributed by atoms with E-state index in [0.717, 1.165) is 23.3 Å². The topological polar surface area (TPSA) is 87.7 Å². The third-order valence-corrected chi connectivity index (χ3v) is 8.06. The molecular weight excluding hydrogens is 430 g/mol. The number of rotatable bonds is 5. The molecule has 1 aliphatic heterocycles. The molecule has 0 atom stereocenters. The summed E-state index contributed by atoms with van der Waals surface area (Å²) >= 11 is 6.77.